The molecule has 7 heteroatoms. The van der Waals surface area contributed by atoms with E-state index in [1.165, 1.54) is 4.68 Å². The van der Waals surface area contributed by atoms with Gasteiger partial charge in [0.2, 0.25) is 5.95 Å². The Morgan fingerprint density at radius 3 is 2.63 bits per heavy atom. The number of rotatable bonds is 5. The van der Waals surface area contributed by atoms with Crippen LogP contribution in [0.1, 0.15) is 30.3 Å². The van der Waals surface area contributed by atoms with Crippen molar-refractivity contribution in [2.75, 3.05) is 5.32 Å². The Labute approximate surface area is 155 Å². The van der Waals surface area contributed by atoms with E-state index in [2.05, 4.69) is 20.4 Å². The minimum Gasteiger partial charge on any atom is -0.324 e. The molecule has 136 valence electrons. The Kier molecular flexibility index (Phi) is 4.42. The van der Waals surface area contributed by atoms with Gasteiger partial charge < -0.3 is 4.98 Å². The molecule has 1 amide bonds. The molecule has 0 fully saturated rings. The highest BCUT2D eigenvalue weighted by molar-refractivity contribution is 6.10. The molecule has 0 unspecified atom stereocenters. The third-order valence-corrected chi connectivity index (χ3v) is 4.43. The highest BCUT2D eigenvalue weighted by Crippen LogP contribution is 2.17. The lowest BCUT2D eigenvalue weighted by molar-refractivity contribution is 0.102. The maximum Gasteiger partial charge on any atom is 0.279 e. The molecule has 2 aromatic carbocycles. The summed E-state index contributed by atoms with van der Waals surface area (Å²) in [5.41, 5.74) is 1.62. The van der Waals surface area contributed by atoms with Gasteiger partial charge in [-0.05, 0) is 24.6 Å². The second-order valence-corrected chi connectivity index (χ2v) is 6.33. The van der Waals surface area contributed by atoms with Gasteiger partial charge in [-0.25, -0.2) is 9.67 Å². The Morgan fingerprint density at radius 1 is 1.11 bits per heavy atom. The fourth-order valence-electron chi connectivity index (χ4n) is 3.04. The van der Waals surface area contributed by atoms with E-state index in [0.29, 0.717) is 23.3 Å². The zero-order chi connectivity index (χ0) is 18.8. The van der Waals surface area contributed by atoms with Crippen molar-refractivity contribution in [3.63, 3.8) is 0 Å². The first-order chi connectivity index (χ1) is 13.2. The lowest BCUT2D eigenvalue weighted by Gasteiger charge is -2.10. The number of carbonyl (C=O) groups excluding carboxylic acids is 1. The summed E-state index contributed by atoms with van der Waals surface area (Å²) in [4.78, 5) is 33.0. The van der Waals surface area contributed by atoms with Crippen molar-refractivity contribution in [1.29, 1.82) is 0 Å². The fraction of sp³-hybridized carbons (Fsp3) is 0.200. The van der Waals surface area contributed by atoms with Crippen molar-refractivity contribution in [1.82, 2.24) is 19.7 Å². The average molecular weight is 361 g/mol. The van der Waals surface area contributed by atoms with E-state index in [4.69, 9.17) is 0 Å². The van der Waals surface area contributed by atoms with Gasteiger partial charge in [-0.15, -0.1) is 0 Å². The molecule has 0 aliphatic heterocycles. The summed E-state index contributed by atoms with van der Waals surface area (Å²) in [6.07, 6.45) is 1.75. The predicted molar refractivity (Wildman–Crippen MR) is 105 cm³/mol. The number of hydrogen-bond donors (Lipinski definition) is 2. The number of imidazole rings is 1. The van der Waals surface area contributed by atoms with Gasteiger partial charge in [-0.2, -0.15) is 5.10 Å². The number of nitrogens with zero attached hydrogens (tertiary/aromatic N) is 3. The maximum absolute atomic E-state index is 12.9. The number of carbonyl (C=O) groups is 1. The van der Waals surface area contributed by atoms with Crippen LogP contribution in [0.25, 0.3) is 21.8 Å². The van der Waals surface area contributed by atoms with E-state index in [-0.39, 0.29) is 11.3 Å². The summed E-state index contributed by atoms with van der Waals surface area (Å²) < 4.78 is 1.37. The van der Waals surface area contributed by atoms with Crippen molar-refractivity contribution in [3.05, 3.63) is 64.6 Å². The van der Waals surface area contributed by atoms with Crippen LogP contribution < -0.4 is 10.9 Å². The number of aromatic amines is 1. The van der Waals surface area contributed by atoms with Crippen LogP contribution >= 0.6 is 0 Å². The van der Waals surface area contributed by atoms with Crippen molar-refractivity contribution in [2.24, 2.45) is 0 Å². The van der Waals surface area contributed by atoms with Crippen molar-refractivity contribution in [2.45, 2.75) is 26.3 Å². The van der Waals surface area contributed by atoms with Crippen molar-refractivity contribution < 1.29 is 4.79 Å². The maximum atomic E-state index is 12.9. The van der Waals surface area contributed by atoms with Crippen LogP contribution in [-0.4, -0.2) is 25.7 Å². The first-order valence-electron chi connectivity index (χ1n) is 8.93. The predicted octanol–water partition coefficient (Wildman–Crippen LogP) is 3.33. The molecule has 0 bridgehead atoms. The molecule has 0 radical (unpaired) electrons. The van der Waals surface area contributed by atoms with E-state index in [0.717, 1.165) is 23.9 Å². The molecular weight excluding hydrogens is 342 g/mol. The SMILES string of the molecule is CCCCn1nc(C(=O)Nc2nc3ccccc3[nH]2)c2ccccc2c1=O. The number of nitrogens with one attached hydrogen (secondary N) is 2. The zero-order valence-electron chi connectivity index (χ0n) is 14.9. The van der Waals surface area contributed by atoms with Crippen LogP contribution in [0.15, 0.2) is 53.3 Å². The summed E-state index contributed by atoms with van der Waals surface area (Å²) >= 11 is 0. The van der Waals surface area contributed by atoms with E-state index < -0.39 is 5.91 Å². The lowest BCUT2D eigenvalue weighted by Crippen LogP contribution is -2.28. The summed E-state index contributed by atoms with van der Waals surface area (Å²) in [6, 6.07) is 14.6. The molecule has 2 N–H and O–H groups in total. The number of H-pyrrole nitrogens is 1. The van der Waals surface area contributed by atoms with Crippen molar-refractivity contribution >= 4 is 33.7 Å². The molecule has 2 heterocycles. The van der Waals surface area contributed by atoms with Gasteiger partial charge in [0.05, 0.1) is 16.4 Å². The van der Waals surface area contributed by atoms with Crippen LogP contribution in [-0.2, 0) is 6.54 Å². The van der Waals surface area contributed by atoms with Gasteiger partial charge in [0.25, 0.3) is 11.5 Å². The zero-order valence-corrected chi connectivity index (χ0v) is 14.9. The summed E-state index contributed by atoms with van der Waals surface area (Å²) in [5, 5.41) is 8.11. The topological polar surface area (TPSA) is 92.7 Å². The second kappa shape index (κ2) is 7.03. The van der Waals surface area contributed by atoms with Gasteiger partial charge in [0.15, 0.2) is 5.69 Å². The van der Waals surface area contributed by atoms with Gasteiger partial charge in [0.1, 0.15) is 0 Å². The van der Waals surface area contributed by atoms with Crippen molar-refractivity contribution in [3.8, 4) is 0 Å². The van der Waals surface area contributed by atoms with E-state index in [1.807, 2.05) is 31.2 Å². The Balaban J connectivity index is 1.75. The third-order valence-electron chi connectivity index (χ3n) is 4.43. The largest absolute Gasteiger partial charge is 0.324 e. The first kappa shape index (κ1) is 17.0. The van der Waals surface area contributed by atoms with Crippen LogP contribution in [0, 0.1) is 0 Å². The highest BCUT2D eigenvalue weighted by Gasteiger charge is 2.17. The Hall–Kier alpha value is -3.48. The lowest BCUT2D eigenvalue weighted by atomic mass is 10.1. The normalized spacial score (nSPS) is 11.1. The first-order valence-corrected chi connectivity index (χ1v) is 8.93. The molecule has 2 aromatic heterocycles. The molecule has 4 rings (SSSR count). The molecule has 7 nitrogen and oxygen atoms in total. The molecule has 0 saturated heterocycles. The summed E-state index contributed by atoms with van der Waals surface area (Å²) in [7, 11) is 0. The van der Waals surface area contributed by atoms with Gasteiger partial charge >= 0.3 is 0 Å². The van der Waals surface area contributed by atoms with Gasteiger partial charge in [0, 0.05) is 11.9 Å². The number of benzene rings is 2. The molecule has 0 saturated carbocycles. The molecule has 27 heavy (non-hydrogen) atoms. The van der Waals surface area contributed by atoms with Crippen LogP contribution in [0.5, 0.6) is 0 Å². The smallest absolute Gasteiger partial charge is 0.279 e. The molecule has 0 spiro atoms. The highest BCUT2D eigenvalue weighted by atomic mass is 16.2. The Morgan fingerprint density at radius 2 is 1.85 bits per heavy atom. The number of aromatic nitrogens is 4. The van der Waals surface area contributed by atoms with Gasteiger partial charge in [-0.3, -0.25) is 14.9 Å². The number of hydrogen-bond acceptors (Lipinski definition) is 4. The molecule has 0 atom stereocenters. The minimum absolute atomic E-state index is 0.181. The van der Waals surface area contributed by atoms with E-state index in [1.54, 1.807) is 24.3 Å². The fourth-order valence-corrected chi connectivity index (χ4v) is 3.04. The number of anilines is 1. The average Bonchev–Trinajstić information content (AvgIpc) is 3.09. The molecular formula is C20H19N5O2. The van der Waals surface area contributed by atoms with Gasteiger partial charge in [-0.1, -0.05) is 43.7 Å². The molecule has 0 aliphatic carbocycles. The third kappa shape index (κ3) is 3.19. The van der Waals surface area contributed by atoms with Crippen LogP contribution in [0.4, 0.5) is 5.95 Å². The number of aryl methyl sites for hydroxylation is 1. The molecule has 4 aromatic rings. The van der Waals surface area contributed by atoms with E-state index >= 15 is 0 Å². The number of para-hydroxylation sites is 2. The second-order valence-electron chi connectivity index (χ2n) is 6.33. The monoisotopic (exact) mass is 361 g/mol. The van der Waals surface area contributed by atoms with Crippen LogP contribution in [0.3, 0.4) is 0 Å². The number of fused-ring (bicyclic) bond motifs is 2. The Bertz CT molecular complexity index is 1160. The summed E-state index contributed by atoms with van der Waals surface area (Å²) in [6.45, 7) is 2.52. The number of amides is 1. The van der Waals surface area contributed by atoms with E-state index in [9.17, 15) is 9.59 Å². The minimum atomic E-state index is -0.407. The standard InChI is InChI=1S/C20H19N5O2/c1-2-3-12-25-19(27)14-9-5-4-8-13(14)17(24-25)18(26)23-20-21-15-10-6-7-11-16(15)22-20/h4-11H,2-3,12H2,1H3,(H2,21,22,23,26). The summed E-state index contributed by atoms with van der Waals surface area (Å²) in [5.74, 6) is -0.0612. The number of unbranched alkanes of at least 4 members (excludes halogenated alkanes) is 1. The van der Waals surface area contributed by atoms with Crippen LogP contribution in [0.2, 0.25) is 0 Å². The quantitative estimate of drug-likeness (QED) is 0.570. The molecule has 0 aliphatic rings.